The number of ketones is 1. The summed E-state index contributed by atoms with van der Waals surface area (Å²) >= 11 is 3.48. The highest BCUT2D eigenvalue weighted by Crippen LogP contribution is 2.23. The van der Waals surface area contributed by atoms with Gasteiger partial charge in [-0.3, -0.25) is 4.79 Å². The minimum absolute atomic E-state index is 0.331. The van der Waals surface area contributed by atoms with Crippen LogP contribution in [-0.4, -0.2) is 12.9 Å². The molecule has 2 nitrogen and oxygen atoms in total. The van der Waals surface area contributed by atoms with Crippen LogP contribution in [0, 0.1) is 0 Å². The minimum Gasteiger partial charge on any atom is -0.497 e. The van der Waals surface area contributed by atoms with Gasteiger partial charge in [0.25, 0.3) is 0 Å². The van der Waals surface area contributed by atoms with Gasteiger partial charge in [-0.25, -0.2) is 0 Å². The molecule has 0 aromatic heterocycles. The molecule has 0 aliphatic rings. The van der Waals surface area contributed by atoms with Gasteiger partial charge in [-0.05, 0) is 36.6 Å². The zero-order chi connectivity index (χ0) is 12.0. The first kappa shape index (κ1) is 13.2. The van der Waals surface area contributed by atoms with E-state index in [-0.39, 0.29) is 0 Å². The standard InChI is InChI=1S/C13H17BrO2/c1-3-4-11(15)6-5-10-9-12(16-2)7-8-13(10)14/h7-9H,3-6H2,1-2H3. The highest BCUT2D eigenvalue weighted by atomic mass is 79.9. The van der Waals surface area contributed by atoms with Crippen molar-refractivity contribution >= 4 is 21.7 Å². The van der Waals surface area contributed by atoms with Gasteiger partial charge in [0.15, 0.2) is 0 Å². The number of methoxy groups -OCH3 is 1. The van der Waals surface area contributed by atoms with Crippen molar-refractivity contribution in [2.45, 2.75) is 32.6 Å². The predicted octanol–water partition coefficient (Wildman–Crippen LogP) is 3.76. The molecule has 0 saturated carbocycles. The number of rotatable bonds is 6. The number of ether oxygens (including phenoxy) is 1. The average molecular weight is 285 g/mol. The van der Waals surface area contributed by atoms with Gasteiger partial charge in [-0.1, -0.05) is 22.9 Å². The molecule has 88 valence electrons. The van der Waals surface area contributed by atoms with Crippen LogP contribution >= 0.6 is 15.9 Å². The van der Waals surface area contributed by atoms with Gasteiger partial charge in [0, 0.05) is 17.3 Å². The van der Waals surface area contributed by atoms with Gasteiger partial charge >= 0.3 is 0 Å². The first-order chi connectivity index (χ1) is 7.67. The topological polar surface area (TPSA) is 26.3 Å². The van der Waals surface area contributed by atoms with E-state index in [1.54, 1.807) is 7.11 Å². The molecular weight excluding hydrogens is 268 g/mol. The molecule has 0 heterocycles. The summed E-state index contributed by atoms with van der Waals surface area (Å²) in [5, 5.41) is 0. The lowest BCUT2D eigenvalue weighted by atomic mass is 10.1. The number of Topliss-reactive ketones (excluding diaryl/α,β-unsaturated/α-hetero) is 1. The summed E-state index contributed by atoms with van der Waals surface area (Å²) in [5.41, 5.74) is 1.13. The molecule has 0 bridgehead atoms. The summed E-state index contributed by atoms with van der Waals surface area (Å²) in [4.78, 5) is 11.4. The summed E-state index contributed by atoms with van der Waals surface area (Å²) in [6, 6.07) is 5.84. The third-order valence-electron chi connectivity index (χ3n) is 2.45. The molecule has 0 amide bonds. The second-order valence-corrected chi connectivity index (χ2v) is 4.60. The van der Waals surface area contributed by atoms with Crippen molar-refractivity contribution in [3.8, 4) is 5.75 Å². The number of benzene rings is 1. The Morgan fingerprint density at radius 2 is 2.12 bits per heavy atom. The third-order valence-corrected chi connectivity index (χ3v) is 3.23. The van der Waals surface area contributed by atoms with Crippen LogP contribution in [0.5, 0.6) is 5.75 Å². The van der Waals surface area contributed by atoms with E-state index < -0.39 is 0 Å². The van der Waals surface area contributed by atoms with E-state index in [1.165, 1.54) is 0 Å². The van der Waals surface area contributed by atoms with E-state index in [2.05, 4.69) is 15.9 Å². The van der Waals surface area contributed by atoms with Crippen LogP contribution in [0.3, 0.4) is 0 Å². The van der Waals surface area contributed by atoms with Crippen molar-refractivity contribution in [3.05, 3.63) is 28.2 Å². The second kappa shape index (κ2) is 6.69. The molecule has 0 aliphatic carbocycles. The van der Waals surface area contributed by atoms with Crippen LogP contribution in [0.25, 0.3) is 0 Å². The molecule has 16 heavy (non-hydrogen) atoms. The number of hydrogen-bond acceptors (Lipinski definition) is 2. The highest BCUT2D eigenvalue weighted by molar-refractivity contribution is 9.10. The van der Waals surface area contributed by atoms with Crippen molar-refractivity contribution in [1.29, 1.82) is 0 Å². The van der Waals surface area contributed by atoms with Gasteiger partial charge in [0.2, 0.25) is 0 Å². The van der Waals surface area contributed by atoms with Crippen LogP contribution < -0.4 is 4.74 Å². The van der Waals surface area contributed by atoms with Gasteiger partial charge in [-0.2, -0.15) is 0 Å². The van der Waals surface area contributed by atoms with Gasteiger partial charge in [0.1, 0.15) is 11.5 Å². The van der Waals surface area contributed by atoms with Crippen LogP contribution in [0.4, 0.5) is 0 Å². The molecule has 0 aliphatic heterocycles. The van der Waals surface area contributed by atoms with Crippen LogP contribution in [0.15, 0.2) is 22.7 Å². The Morgan fingerprint density at radius 3 is 2.75 bits per heavy atom. The Balaban J connectivity index is 2.62. The first-order valence-corrected chi connectivity index (χ1v) is 6.30. The molecule has 0 radical (unpaired) electrons. The molecule has 1 aromatic carbocycles. The molecule has 0 unspecified atom stereocenters. The summed E-state index contributed by atoms with van der Waals surface area (Å²) < 4.78 is 6.20. The van der Waals surface area contributed by atoms with E-state index >= 15 is 0 Å². The highest BCUT2D eigenvalue weighted by Gasteiger charge is 2.05. The van der Waals surface area contributed by atoms with Gasteiger partial charge in [-0.15, -0.1) is 0 Å². The normalized spacial score (nSPS) is 10.2. The molecule has 0 spiro atoms. The Labute approximate surface area is 105 Å². The van der Waals surface area contributed by atoms with E-state index in [0.717, 1.165) is 28.6 Å². The van der Waals surface area contributed by atoms with Crippen LogP contribution in [0.1, 0.15) is 31.7 Å². The molecule has 0 N–H and O–H groups in total. The number of aryl methyl sites for hydroxylation is 1. The molecule has 0 atom stereocenters. The summed E-state index contributed by atoms with van der Waals surface area (Å²) in [7, 11) is 1.65. The van der Waals surface area contributed by atoms with Gasteiger partial charge < -0.3 is 4.74 Å². The molecule has 0 fully saturated rings. The van der Waals surface area contributed by atoms with Crippen LogP contribution in [0.2, 0.25) is 0 Å². The monoisotopic (exact) mass is 284 g/mol. The van der Waals surface area contributed by atoms with E-state index in [4.69, 9.17) is 4.74 Å². The van der Waals surface area contributed by atoms with Crippen molar-refractivity contribution in [2.24, 2.45) is 0 Å². The first-order valence-electron chi connectivity index (χ1n) is 5.51. The summed E-state index contributed by atoms with van der Waals surface area (Å²) in [6.45, 7) is 2.03. The van der Waals surface area contributed by atoms with E-state index in [0.29, 0.717) is 18.6 Å². The molecule has 1 rings (SSSR count). The maximum Gasteiger partial charge on any atom is 0.133 e. The quantitative estimate of drug-likeness (QED) is 0.795. The maximum absolute atomic E-state index is 11.4. The Bertz CT molecular complexity index is 361. The second-order valence-electron chi connectivity index (χ2n) is 3.75. The minimum atomic E-state index is 0.331. The molecule has 0 saturated heterocycles. The Kier molecular flexibility index (Phi) is 5.53. The lowest BCUT2D eigenvalue weighted by Crippen LogP contribution is -2.00. The van der Waals surface area contributed by atoms with E-state index in [1.807, 2.05) is 25.1 Å². The zero-order valence-electron chi connectivity index (χ0n) is 9.75. The molecule has 3 heteroatoms. The van der Waals surface area contributed by atoms with Crippen molar-refractivity contribution in [1.82, 2.24) is 0 Å². The van der Waals surface area contributed by atoms with Crippen molar-refractivity contribution < 1.29 is 9.53 Å². The lowest BCUT2D eigenvalue weighted by Gasteiger charge is -2.06. The zero-order valence-corrected chi connectivity index (χ0v) is 11.3. The maximum atomic E-state index is 11.4. The Hall–Kier alpha value is -0.830. The summed E-state index contributed by atoms with van der Waals surface area (Å²) in [5.74, 6) is 1.17. The number of carbonyl (C=O) groups is 1. The van der Waals surface area contributed by atoms with Crippen molar-refractivity contribution in [3.63, 3.8) is 0 Å². The fourth-order valence-electron chi connectivity index (χ4n) is 1.55. The summed E-state index contributed by atoms with van der Waals surface area (Å²) in [6.07, 6.45) is 3.00. The SMILES string of the molecule is CCCC(=O)CCc1cc(OC)ccc1Br. The third kappa shape index (κ3) is 3.97. The lowest BCUT2D eigenvalue weighted by molar-refractivity contribution is -0.119. The fourth-order valence-corrected chi connectivity index (χ4v) is 1.99. The fraction of sp³-hybridized carbons (Fsp3) is 0.462. The smallest absolute Gasteiger partial charge is 0.133 e. The number of carbonyl (C=O) groups excluding carboxylic acids is 1. The number of hydrogen-bond donors (Lipinski definition) is 0. The molecular formula is C13H17BrO2. The van der Waals surface area contributed by atoms with Gasteiger partial charge in [0.05, 0.1) is 7.11 Å². The Morgan fingerprint density at radius 1 is 1.38 bits per heavy atom. The average Bonchev–Trinajstić information content (AvgIpc) is 2.28. The molecule has 1 aromatic rings. The van der Waals surface area contributed by atoms with Crippen molar-refractivity contribution in [2.75, 3.05) is 7.11 Å². The van der Waals surface area contributed by atoms with Crippen LogP contribution in [-0.2, 0) is 11.2 Å². The predicted molar refractivity (Wildman–Crippen MR) is 68.9 cm³/mol. The number of halogens is 1. The van der Waals surface area contributed by atoms with E-state index in [9.17, 15) is 4.79 Å². The largest absolute Gasteiger partial charge is 0.497 e.